The molecule has 0 unspecified atom stereocenters. The van der Waals surface area contributed by atoms with Crippen LogP contribution in [0.15, 0.2) is 78.9 Å². The lowest BCUT2D eigenvalue weighted by atomic mass is 10.1. The van der Waals surface area contributed by atoms with Crippen LogP contribution in [0.25, 0.3) is 11.1 Å². The molecule has 0 aliphatic carbocycles. The maximum absolute atomic E-state index is 5.88. The van der Waals surface area contributed by atoms with E-state index in [4.69, 9.17) is 22.7 Å². The van der Waals surface area contributed by atoms with Gasteiger partial charge in [-0.3, -0.25) is 0 Å². The first-order valence-electron chi connectivity index (χ1n) is 7.64. The van der Waals surface area contributed by atoms with Gasteiger partial charge >= 0.3 is 0 Å². The Bertz CT molecular complexity index is 817. The second kappa shape index (κ2) is 7.62. The van der Waals surface area contributed by atoms with Crippen LogP contribution < -0.4 is 15.8 Å². The lowest BCUT2D eigenvalue weighted by molar-refractivity contribution is 0.306. The molecule has 3 N–H and O–H groups in total. The summed E-state index contributed by atoms with van der Waals surface area (Å²) < 4.78 is 5.88. The molecule has 0 spiro atoms. The summed E-state index contributed by atoms with van der Waals surface area (Å²) in [5, 5.41) is 3.18. The summed E-state index contributed by atoms with van der Waals surface area (Å²) in [7, 11) is 0. The number of nitrogens with two attached hydrogens (primary N) is 1. The van der Waals surface area contributed by atoms with Crippen LogP contribution in [0.2, 0.25) is 0 Å². The lowest BCUT2D eigenvalue weighted by Crippen LogP contribution is -2.18. The smallest absolute Gasteiger partial charge is 0.168 e. The Labute approximate surface area is 147 Å². The summed E-state index contributed by atoms with van der Waals surface area (Å²) in [5.74, 6) is 0.849. The number of rotatable bonds is 5. The predicted octanol–water partition coefficient (Wildman–Crippen LogP) is 4.59. The zero-order chi connectivity index (χ0) is 16.8. The molecule has 3 nitrogen and oxygen atoms in total. The second-order valence-electron chi connectivity index (χ2n) is 5.37. The third-order valence-electron chi connectivity index (χ3n) is 3.57. The van der Waals surface area contributed by atoms with Crippen molar-refractivity contribution in [3.63, 3.8) is 0 Å². The summed E-state index contributed by atoms with van der Waals surface area (Å²) >= 11 is 4.84. The number of anilines is 1. The van der Waals surface area contributed by atoms with Crippen molar-refractivity contribution in [1.29, 1.82) is 0 Å². The molecule has 0 radical (unpaired) electrons. The molecule has 24 heavy (non-hydrogen) atoms. The van der Waals surface area contributed by atoms with Crippen LogP contribution in [-0.2, 0) is 6.61 Å². The number of hydrogen-bond acceptors (Lipinski definition) is 2. The van der Waals surface area contributed by atoms with Crippen LogP contribution in [0.1, 0.15) is 5.56 Å². The molecule has 0 amide bonds. The number of benzene rings is 3. The molecule has 3 rings (SSSR count). The minimum absolute atomic E-state index is 0.263. The van der Waals surface area contributed by atoms with Gasteiger partial charge in [0, 0.05) is 5.69 Å². The quantitative estimate of drug-likeness (QED) is 0.670. The van der Waals surface area contributed by atoms with Crippen molar-refractivity contribution in [2.75, 3.05) is 5.32 Å². The summed E-state index contributed by atoms with van der Waals surface area (Å²) in [4.78, 5) is 0. The Hall–Kier alpha value is -2.85. The predicted molar refractivity (Wildman–Crippen MR) is 103 cm³/mol. The first kappa shape index (κ1) is 16.0. The van der Waals surface area contributed by atoms with Gasteiger partial charge in [-0.25, -0.2) is 0 Å². The summed E-state index contributed by atoms with van der Waals surface area (Å²) in [6.07, 6.45) is 0. The summed E-state index contributed by atoms with van der Waals surface area (Å²) in [6.45, 7) is 0.557. The Morgan fingerprint density at radius 3 is 2.33 bits per heavy atom. The highest BCUT2D eigenvalue weighted by atomic mass is 32.1. The lowest BCUT2D eigenvalue weighted by Gasteiger charge is -2.09. The second-order valence-corrected chi connectivity index (χ2v) is 5.81. The molecular weight excluding hydrogens is 316 g/mol. The summed E-state index contributed by atoms with van der Waals surface area (Å²) in [6, 6.07) is 26.1. The molecule has 4 heteroatoms. The van der Waals surface area contributed by atoms with Gasteiger partial charge in [0.05, 0.1) is 0 Å². The topological polar surface area (TPSA) is 47.3 Å². The SMILES string of the molecule is NC(=S)Nc1ccc(-c2cccc(OCc3ccccc3)c2)cc1. The monoisotopic (exact) mass is 334 g/mol. The largest absolute Gasteiger partial charge is 0.489 e. The third-order valence-corrected chi connectivity index (χ3v) is 3.67. The first-order valence-corrected chi connectivity index (χ1v) is 8.05. The van der Waals surface area contributed by atoms with E-state index in [0.717, 1.165) is 28.1 Å². The van der Waals surface area contributed by atoms with Crippen LogP contribution in [0.4, 0.5) is 5.69 Å². The van der Waals surface area contributed by atoms with Crippen molar-refractivity contribution in [2.45, 2.75) is 6.61 Å². The van der Waals surface area contributed by atoms with Crippen LogP contribution in [0.5, 0.6) is 5.75 Å². The van der Waals surface area contributed by atoms with Gasteiger partial charge < -0.3 is 15.8 Å². The zero-order valence-corrected chi connectivity index (χ0v) is 13.9. The third kappa shape index (κ3) is 4.33. The number of thiocarbonyl (C=S) groups is 1. The molecule has 0 bridgehead atoms. The van der Waals surface area contributed by atoms with E-state index >= 15 is 0 Å². The van der Waals surface area contributed by atoms with Crippen molar-refractivity contribution in [3.05, 3.63) is 84.4 Å². The molecule has 3 aromatic rings. The molecule has 0 aromatic heterocycles. The molecule has 0 heterocycles. The molecule has 0 aliphatic heterocycles. The van der Waals surface area contributed by atoms with Crippen LogP contribution >= 0.6 is 12.2 Å². The Morgan fingerprint density at radius 2 is 1.62 bits per heavy atom. The number of nitrogens with one attached hydrogen (secondary N) is 1. The average molecular weight is 334 g/mol. The van der Waals surface area contributed by atoms with E-state index in [1.54, 1.807) is 0 Å². The van der Waals surface area contributed by atoms with Crippen LogP contribution in [0.3, 0.4) is 0 Å². The van der Waals surface area contributed by atoms with Gasteiger partial charge in [-0.2, -0.15) is 0 Å². The van der Waals surface area contributed by atoms with Crippen LogP contribution in [0, 0.1) is 0 Å². The summed E-state index contributed by atoms with van der Waals surface area (Å²) in [5.41, 5.74) is 9.71. The van der Waals surface area contributed by atoms with Gasteiger partial charge in [-0.15, -0.1) is 0 Å². The van der Waals surface area contributed by atoms with E-state index in [1.165, 1.54) is 0 Å². The van der Waals surface area contributed by atoms with Gasteiger partial charge in [0.1, 0.15) is 12.4 Å². The van der Waals surface area contributed by atoms with E-state index in [0.29, 0.717) is 6.61 Å². The van der Waals surface area contributed by atoms with Crippen molar-refractivity contribution < 1.29 is 4.74 Å². The maximum Gasteiger partial charge on any atom is 0.168 e. The minimum atomic E-state index is 0.263. The molecule has 120 valence electrons. The minimum Gasteiger partial charge on any atom is -0.489 e. The maximum atomic E-state index is 5.88. The fourth-order valence-electron chi connectivity index (χ4n) is 2.39. The molecule has 0 saturated carbocycles. The molecule has 0 aliphatic rings. The van der Waals surface area contributed by atoms with Crippen molar-refractivity contribution in [3.8, 4) is 16.9 Å². The number of hydrogen-bond donors (Lipinski definition) is 2. The highest BCUT2D eigenvalue weighted by molar-refractivity contribution is 7.80. The van der Waals surface area contributed by atoms with Gasteiger partial charge in [0.2, 0.25) is 0 Å². The van der Waals surface area contributed by atoms with Crippen LogP contribution in [-0.4, -0.2) is 5.11 Å². The van der Waals surface area contributed by atoms with E-state index in [-0.39, 0.29) is 5.11 Å². The highest BCUT2D eigenvalue weighted by Gasteiger charge is 2.02. The van der Waals surface area contributed by atoms with Crippen molar-refractivity contribution >= 4 is 23.0 Å². The fraction of sp³-hybridized carbons (Fsp3) is 0.0500. The Kier molecular flexibility index (Phi) is 5.08. The Morgan fingerprint density at radius 1 is 0.875 bits per heavy atom. The molecular formula is C20H18N2OS. The average Bonchev–Trinajstić information content (AvgIpc) is 2.61. The van der Waals surface area contributed by atoms with Gasteiger partial charge in [0.15, 0.2) is 5.11 Å². The number of ether oxygens (including phenoxy) is 1. The van der Waals surface area contributed by atoms with Crippen molar-refractivity contribution in [2.24, 2.45) is 5.73 Å². The molecule has 3 aromatic carbocycles. The zero-order valence-electron chi connectivity index (χ0n) is 13.1. The van der Waals surface area contributed by atoms with E-state index < -0.39 is 0 Å². The van der Waals surface area contributed by atoms with Gasteiger partial charge in [-0.05, 0) is 53.2 Å². The molecule has 0 saturated heterocycles. The molecule has 0 fully saturated rings. The first-order chi connectivity index (χ1) is 11.7. The van der Waals surface area contributed by atoms with E-state index in [1.807, 2.05) is 60.7 Å². The van der Waals surface area contributed by atoms with Gasteiger partial charge in [-0.1, -0.05) is 54.6 Å². The molecule has 0 atom stereocenters. The normalized spacial score (nSPS) is 10.2. The van der Waals surface area contributed by atoms with E-state index in [2.05, 4.69) is 23.5 Å². The standard InChI is InChI=1S/C20H18N2OS/c21-20(24)22-18-11-9-16(10-12-18)17-7-4-8-19(13-17)23-14-15-5-2-1-3-6-15/h1-13H,14H2,(H3,21,22,24). The Balaban J connectivity index is 1.71. The van der Waals surface area contributed by atoms with E-state index in [9.17, 15) is 0 Å². The fourth-order valence-corrected chi connectivity index (χ4v) is 2.51. The highest BCUT2D eigenvalue weighted by Crippen LogP contribution is 2.25. The van der Waals surface area contributed by atoms with Gasteiger partial charge in [0.25, 0.3) is 0 Å². The van der Waals surface area contributed by atoms with Crippen molar-refractivity contribution in [1.82, 2.24) is 0 Å².